The second-order valence-corrected chi connectivity index (χ2v) is 6.35. The summed E-state index contributed by atoms with van der Waals surface area (Å²) in [6.45, 7) is 3.42. The third-order valence-corrected chi connectivity index (χ3v) is 5.27. The van der Waals surface area contributed by atoms with Gasteiger partial charge in [0.2, 0.25) is 0 Å². The van der Waals surface area contributed by atoms with E-state index in [9.17, 15) is 0 Å². The van der Waals surface area contributed by atoms with Crippen molar-refractivity contribution in [1.82, 2.24) is 5.32 Å². The molecule has 1 N–H and O–H groups in total. The zero-order valence-electron chi connectivity index (χ0n) is 9.74. The van der Waals surface area contributed by atoms with E-state index in [0.717, 1.165) is 0 Å². The molecule has 1 unspecified atom stereocenters. The number of thioether (sulfide) groups is 2. The summed E-state index contributed by atoms with van der Waals surface area (Å²) in [5, 5.41) is 4.17. The van der Waals surface area contributed by atoms with Gasteiger partial charge in [-0.25, -0.2) is 0 Å². The second-order valence-electron chi connectivity index (χ2n) is 3.98. The standard InChI is InChI=1S/C13H19NS2/c1-2-5-11-6-3-4-7-12(11)16-10-13-14-8-9-15-13/h3-4,6-7,13-14H,2,5,8-10H2,1H3. The molecule has 1 heterocycles. The average Bonchev–Trinajstić information content (AvgIpc) is 2.81. The zero-order valence-corrected chi connectivity index (χ0v) is 11.4. The molecule has 0 aromatic heterocycles. The molecule has 1 atom stereocenters. The highest BCUT2D eigenvalue weighted by Gasteiger charge is 2.14. The lowest BCUT2D eigenvalue weighted by atomic mass is 10.1. The van der Waals surface area contributed by atoms with Crippen LogP contribution in [0.25, 0.3) is 0 Å². The van der Waals surface area contributed by atoms with Crippen molar-refractivity contribution in [3.63, 3.8) is 0 Å². The van der Waals surface area contributed by atoms with Crippen molar-refractivity contribution in [2.24, 2.45) is 0 Å². The molecule has 2 rings (SSSR count). The highest BCUT2D eigenvalue weighted by Crippen LogP contribution is 2.27. The van der Waals surface area contributed by atoms with Crippen LogP contribution in [0.5, 0.6) is 0 Å². The molecule has 1 fully saturated rings. The van der Waals surface area contributed by atoms with Gasteiger partial charge >= 0.3 is 0 Å². The van der Waals surface area contributed by atoms with E-state index in [0.29, 0.717) is 5.37 Å². The second kappa shape index (κ2) is 6.58. The topological polar surface area (TPSA) is 12.0 Å². The first-order valence-corrected chi connectivity index (χ1v) is 7.99. The van der Waals surface area contributed by atoms with Gasteiger partial charge in [0, 0.05) is 22.9 Å². The number of rotatable bonds is 5. The zero-order chi connectivity index (χ0) is 11.2. The van der Waals surface area contributed by atoms with Gasteiger partial charge in [0.05, 0.1) is 5.37 Å². The maximum Gasteiger partial charge on any atom is 0.0628 e. The lowest BCUT2D eigenvalue weighted by Crippen LogP contribution is -2.21. The normalized spacial score (nSPS) is 20.2. The predicted octanol–water partition coefficient (Wildman–Crippen LogP) is 3.39. The quantitative estimate of drug-likeness (QED) is 0.808. The first kappa shape index (κ1) is 12.3. The van der Waals surface area contributed by atoms with Crippen LogP contribution in [-0.4, -0.2) is 23.4 Å². The van der Waals surface area contributed by atoms with E-state index in [2.05, 4.69) is 36.5 Å². The smallest absolute Gasteiger partial charge is 0.0628 e. The first-order valence-electron chi connectivity index (χ1n) is 5.96. The van der Waals surface area contributed by atoms with Crippen molar-refractivity contribution < 1.29 is 0 Å². The van der Waals surface area contributed by atoms with Crippen molar-refractivity contribution in [3.8, 4) is 0 Å². The summed E-state index contributed by atoms with van der Waals surface area (Å²) in [7, 11) is 0. The van der Waals surface area contributed by atoms with Crippen LogP contribution < -0.4 is 5.32 Å². The number of aryl methyl sites for hydroxylation is 1. The fourth-order valence-electron chi connectivity index (χ4n) is 1.87. The minimum atomic E-state index is 0.652. The Morgan fingerprint density at radius 3 is 3.06 bits per heavy atom. The van der Waals surface area contributed by atoms with Crippen molar-refractivity contribution in [2.45, 2.75) is 30.0 Å². The maximum atomic E-state index is 3.52. The molecule has 0 aliphatic carbocycles. The highest BCUT2D eigenvalue weighted by atomic mass is 32.2. The Kier molecular flexibility index (Phi) is 5.07. The van der Waals surface area contributed by atoms with Crippen molar-refractivity contribution in [2.75, 3.05) is 18.1 Å². The molecule has 1 saturated heterocycles. The SMILES string of the molecule is CCCc1ccccc1SCC1NCCS1. The number of nitrogens with one attached hydrogen (secondary N) is 1. The molecular formula is C13H19NS2. The monoisotopic (exact) mass is 253 g/mol. The van der Waals surface area contributed by atoms with Crippen LogP contribution in [0.2, 0.25) is 0 Å². The molecular weight excluding hydrogens is 234 g/mol. The van der Waals surface area contributed by atoms with Gasteiger partial charge in [-0.1, -0.05) is 31.5 Å². The molecule has 1 aliphatic heterocycles. The van der Waals surface area contributed by atoms with Gasteiger partial charge in [0.25, 0.3) is 0 Å². The molecule has 1 aromatic carbocycles. The molecule has 0 radical (unpaired) electrons. The molecule has 1 nitrogen and oxygen atoms in total. The Bertz CT molecular complexity index is 321. The Balaban J connectivity index is 1.91. The van der Waals surface area contributed by atoms with E-state index in [1.807, 2.05) is 23.5 Å². The van der Waals surface area contributed by atoms with Crippen LogP contribution in [0, 0.1) is 0 Å². The van der Waals surface area contributed by atoms with Gasteiger partial charge in [0.15, 0.2) is 0 Å². The third kappa shape index (κ3) is 3.44. The summed E-state index contributed by atoms with van der Waals surface area (Å²) < 4.78 is 0. The van der Waals surface area contributed by atoms with Crippen LogP contribution in [0.3, 0.4) is 0 Å². The van der Waals surface area contributed by atoms with Gasteiger partial charge in [-0.2, -0.15) is 0 Å². The Labute approximate surface area is 107 Å². The van der Waals surface area contributed by atoms with E-state index in [-0.39, 0.29) is 0 Å². The van der Waals surface area contributed by atoms with Gasteiger partial charge in [-0.15, -0.1) is 23.5 Å². The Morgan fingerprint density at radius 1 is 1.44 bits per heavy atom. The summed E-state index contributed by atoms with van der Waals surface area (Å²) >= 11 is 4.05. The predicted molar refractivity (Wildman–Crippen MR) is 75.4 cm³/mol. The molecule has 0 bridgehead atoms. The first-order chi connectivity index (χ1) is 7.90. The maximum absolute atomic E-state index is 3.52. The molecule has 1 aromatic rings. The van der Waals surface area contributed by atoms with Gasteiger partial charge in [0.1, 0.15) is 0 Å². The lowest BCUT2D eigenvalue weighted by molar-refractivity contribution is 0.767. The highest BCUT2D eigenvalue weighted by molar-refractivity contribution is 8.03. The minimum absolute atomic E-state index is 0.652. The van der Waals surface area contributed by atoms with Crippen LogP contribution in [0.4, 0.5) is 0 Å². The molecule has 16 heavy (non-hydrogen) atoms. The summed E-state index contributed by atoms with van der Waals surface area (Å²) in [5.74, 6) is 2.45. The Morgan fingerprint density at radius 2 is 2.31 bits per heavy atom. The van der Waals surface area contributed by atoms with Crippen LogP contribution in [0.1, 0.15) is 18.9 Å². The molecule has 1 aliphatic rings. The summed E-state index contributed by atoms with van der Waals surface area (Å²) in [5.41, 5.74) is 1.51. The van der Waals surface area contributed by atoms with E-state index >= 15 is 0 Å². The minimum Gasteiger partial charge on any atom is -0.304 e. The van der Waals surface area contributed by atoms with Crippen molar-refractivity contribution >= 4 is 23.5 Å². The van der Waals surface area contributed by atoms with Crippen LogP contribution >= 0.6 is 23.5 Å². The fraction of sp³-hybridized carbons (Fsp3) is 0.538. The third-order valence-electron chi connectivity index (χ3n) is 2.68. The fourth-order valence-corrected chi connectivity index (χ4v) is 4.20. The molecule has 88 valence electrons. The van der Waals surface area contributed by atoms with E-state index in [4.69, 9.17) is 0 Å². The van der Waals surface area contributed by atoms with E-state index in [1.165, 1.54) is 41.4 Å². The largest absolute Gasteiger partial charge is 0.304 e. The van der Waals surface area contributed by atoms with Crippen LogP contribution in [0.15, 0.2) is 29.2 Å². The molecule has 0 saturated carbocycles. The van der Waals surface area contributed by atoms with Crippen molar-refractivity contribution in [3.05, 3.63) is 29.8 Å². The van der Waals surface area contributed by atoms with E-state index < -0.39 is 0 Å². The van der Waals surface area contributed by atoms with Crippen LogP contribution in [-0.2, 0) is 6.42 Å². The number of hydrogen-bond acceptors (Lipinski definition) is 3. The van der Waals surface area contributed by atoms with E-state index in [1.54, 1.807) is 0 Å². The number of hydrogen-bond donors (Lipinski definition) is 1. The summed E-state index contributed by atoms with van der Waals surface area (Å²) in [6.07, 6.45) is 2.43. The molecule has 0 spiro atoms. The van der Waals surface area contributed by atoms with Gasteiger partial charge in [-0.05, 0) is 18.1 Å². The summed E-state index contributed by atoms with van der Waals surface area (Å²) in [4.78, 5) is 1.47. The van der Waals surface area contributed by atoms with Gasteiger partial charge in [-0.3, -0.25) is 0 Å². The lowest BCUT2D eigenvalue weighted by Gasteiger charge is -2.11. The summed E-state index contributed by atoms with van der Waals surface area (Å²) in [6, 6.07) is 8.82. The number of benzene rings is 1. The molecule has 3 heteroatoms. The average molecular weight is 253 g/mol. The van der Waals surface area contributed by atoms with Crippen molar-refractivity contribution in [1.29, 1.82) is 0 Å². The molecule has 0 amide bonds. The Hall–Kier alpha value is -0.120. The van der Waals surface area contributed by atoms with Gasteiger partial charge < -0.3 is 5.32 Å².